The topological polar surface area (TPSA) is 67.4 Å². The van der Waals surface area contributed by atoms with Gasteiger partial charge in [-0.1, -0.05) is 66.2 Å². The largest absolute Gasteiger partial charge is 0.497 e. The molecule has 0 aliphatic carbocycles. The maximum Gasteiger partial charge on any atom is 0.268 e. The summed E-state index contributed by atoms with van der Waals surface area (Å²) in [6, 6.07) is 23.4. The summed E-state index contributed by atoms with van der Waals surface area (Å²) in [7, 11) is 1.58. The van der Waals surface area contributed by atoms with E-state index in [1.54, 1.807) is 61.7 Å². The first-order chi connectivity index (χ1) is 14.6. The molecular formula is C24H21ClN2O3. The third kappa shape index (κ3) is 5.72. The number of carbonyl (C=O) groups excluding carboxylic acids is 2. The summed E-state index contributed by atoms with van der Waals surface area (Å²) in [6.07, 6.45) is 1.61. The van der Waals surface area contributed by atoms with E-state index in [1.807, 2.05) is 30.3 Å². The lowest BCUT2D eigenvalue weighted by Gasteiger charge is -2.12. The summed E-state index contributed by atoms with van der Waals surface area (Å²) in [6.45, 7) is 0.335. The zero-order valence-electron chi connectivity index (χ0n) is 16.4. The molecule has 3 rings (SSSR count). The van der Waals surface area contributed by atoms with E-state index in [2.05, 4.69) is 10.6 Å². The highest BCUT2D eigenvalue weighted by atomic mass is 35.5. The first-order valence-electron chi connectivity index (χ1n) is 9.30. The lowest BCUT2D eigenvalue weighted by Crippen LogP contribution is -2.34. The average molecular weight is 421 g/mol. The van der Waals surface area contributed by atoms with Crippen molar-refractivity contribution < 1.29 is 14.3 Å². The van der Waals surface area contributed by atoms with Crippen molar-refractivity contribution >= 4 is 29.5 Å². The Balaban J connectivity index is 1.83. The van der Waals surface area contributed by atoms with Crippen LogP contribution in [0.1, 0.15) is 21.5 Å². The van der Waals surface area contributed by atoms with Crippen LogP contribution in [0.5, 0.6) is 5.75 Å². The molecule has 0 aromatic heterocycles. The number of ether oxygens (including phenoxy) is 1. The number of hydrogen-bond acceptors (Lipinski definition) is 3. The van der Waals surface area contributed by atoms with Crippen LogP contribution in [0, 0.1) is 0 Å². The zero-order valence-corrected chi connectivity index (χ0v) is 17.1. The molecule has 3 aromatic rings. The van der Waals surface area contributed by atoms with Crippen LogP contribution in [0.3, 0.4) is 0 Å². The molecule has 0 saturated heterocycles. The Morgan fingerprint density at radius 2 is 1.60 bits per heavy atom. The molecule has 0 unspecified atom stereocenters. The molecule has 0 atom stereocenters. The second-order valence-corrected chi connectivity index (χ2v) is 6.84. The van der Waals surface area contributed by atoms with Gasteiger partial charge in [0.1, 0.15) is 11.4 Å². The molecule has 0 aliphatic heterocycles. The van der Waals surface area contributed by atoms with E-state index in [0.717, 1.165) is 11.1 Å². The number of halogens is 1. The van der Waals surface area contributed by atoms with Crippen LogP contribution in [-0.2, 0) is 11.3 Å². The third-order valence-corrected chi connectivity index (χ3v) is 4.66. The van der Waals surface area contributed by atoms with Crippen LogP contribution in [0.25, 0.3) is 6.08 Å². The summed E-state index contributed by atoms with van der Waals surface area (Å²) >= 11 is 6.12. The Morgan fingerprint density at radius 1 is 0.933 bits per heavy atom. The highest BCUT2D eigenvalue weighted by molar-refractivity contribution is 6.34. The van der Waals surface area contributed by atoms with Gasteiger partial charge in [0.25, 0.3) is 11.8 Å². The van der Waals surface area contributed by atoms with Gasteiger partial charge in [0.15, 0.2) is 0 Å². The van der Waals surface area contributed by atoms with Gasteiger partial charge in [-0.05, 0) is 41.5 Å². The Labute approximate surface area is 180 Å². The predicted molar refractivity (Wildman–Crippen MR) is 118 cm³/mol. The lowest BCUT2D eigenvalue weighted by molar-refractivity contribution is -0.117. The molecular weight excluding hydrogens is 400 g/mol. The third-order valence-electron chi connectivity index (χ3n) is 4.33. The molecule has 152 valence electrons. The highest BCUT2D eigenvalue weighted by Gasteiger charge is 2.16. The van der Waals surface area contributed by atoms with Crippen molar-refractivity contribution in [2.45, 2.75) is 6.54 Å². The van der Waals surface area contributed by atoms with E-state index in [1.165, 1.54) is 0 Å². The summed E-state index contributed by atoms with van der Waals surface area (Å²) in [5.74, 6) is -0.173. The van der Waals surface area contributed by atoms with Crippen molar-refractivity contribution in [3.63, 3.8) is 0 Å². The van der Waals surface area contributed by atoms with Crippen LogP contribution < -0.4 is 15.4 Å². The molecule has 0 radical (unpaired) electrons. The van der Waals surface area contributed by atoms with E-state index in [-0.39, 0.29) is 11.3 Å². The van der Waals surface area contributed by atoms with Crippen molar-refractivity contribution in [2.75, 3.05) is 7.11 Å². The molecule has 0 fully saturated rings. The van der Waals surface area contributed by atoms with Gasteiger partial charge < -0.3 is 15.4 Å². The number of carbonyl (C=O) groups is 2. The maximum absolute atomic E-state index is 12.8. The van der Waals surface area contributed by atoms with E-state index >= 15 is 0 Å². The Kier molecular flexibility index (Phi) is 7.24. The van der Waals surface area contributed by atoms with Crippen LogP contribution >= 0.6 is 11.6 Å². The van der Waals surface area contributed by atoms with Crippen LogP contribution in [-0.4, -0.2) is 18.9 Å². The Hall–Kier alpha value is -3.57. The van der Waals surface area contributed by atoms with Crippen molar-refractivity contribution in [1.29, 1.82) is 0 Å². The molecule has 30 heavy (non-hydrogen) atoms. The van der Waals surface area contributed by atoms with E-state index < -0.39 is 11.8 Å². The molecule has 0 saturated carbocycles. The maximum atomic E-state index is 12.8. The number of hydrogen-bond donors (Lipinski definition) is 2. The van der Waals surface area contributed by atoms with Gasteiger partial charge >= 0.3 is 0 Å². The van der Waals surface area contributed by atoms with E-state index in [9.17, 15) is 9.59 Å². The first-order valence-corrected chi connectivity index (χ1v) is 9.68. The second-order valence-electron chi connectivity index (χ2n) is 6.43. The van der Waals surface area contributed by atoms with Crippen LogP contribution in [0.4, 0.5) is 0 Å². The molecule has 0 heterocycles. The monoisotopic (exact) mass is 420 g/mol. The van der Waals surface area contributed by atoms with Gasteiger partial charge in [0, 0.05) is 6.54 Å². The van der Waals surface area contributed by atoms with Gasteiger partial charge in [-0.25, -0.2) is 0 Å². The highest BCUT2D eigenvalue weighted by Crippen LogP contribution is 2.17. The molecule has 0 aliphatic rings. The first kappa shape index (κ1) is 21.1. The summed E-state index contributed by atoms with van der Waals surface area (Å²) in [5, 5.41) is 5.82. The minimum absolute atomic E-state index is 0.112. The predicted octanol–water partition coefficient (Wildman–Crippen LogP) is 4.44. The Morgan fingerprint density at radius 3 is 2.27 bits per heavy atom. The quantitative estimate of drug-likeness (QED) is 0.555. The SMILES string of the molecule is COc1ccc(/C=C(/NC(=O)c2ccccc2Cl)C(=O)NCc2ccccc2)cc1. The second kappa shape index (κ2) is 10.3. The van der Waals surface area contributed by atoms with Gasteiger partial charge in [0.2, 0.25) is 0 Å². The molecule has 0 bridgehead atoms. The minimum atomic E-state index is -0.463. The molecule has 5 nitrogen and oxygen atoms in total. The molecule has 0 spiro atoms. The molecule has 2 N–H and O–H groups in total. The van der Waals surface area contributed by atoms with Gasteiger partial charge in [-0.3, -0.25) is 9.59 Å². The smallest absolute Gasteiger partial charge is 0.268 e. The van der Waals surface area contributed by atoms with Crippen molar-refractivity contribution in [3.8, 4) is 5.75 Å². The number of amides is 2. The number of methoxy groups -OCH3 is 1. The Bertz CT molecular complexity index is 1050. The van der Waals surface area contributed by atoms with Gasteiger partial charge in [-0.15, -0.1) is 0 Å². The lowest BCUT2D eigenvalue weighted by atomic mass is 10.1. The zero-order chi connectivity index (χ0) is 21.3. The molecule has 6 heteroatoms. The normalized spacial score (nSPS) is 10.9. The number of benzene rings is 3. The standard InChI is InChI=1S/C24H21ClN2O3/c1-30-19-13-11-17(12-14-19)15-22(24(29)26-16-18-7-3-2-4-8-18)27-23(28)20-9-5-6-10-21(20)25/h2-15H,16H2,1H3,(H,26,29)(H,27,28)/b22-15+. The summed E-state index contributed by atoms with van der Waals surface area (Å²) in [5.41, 5.74) is 2.09. The van der Waals surface area contributed by atoms with Crippen LogP contribution in [0.2, 0.25) is 5.02 Å². The van der Waals surface area contributed by atoms with Gasteiger partial charge in [-0.2, -0.15) is 0 Å². The van der Waals surface area contributed by atoms with Crippen molar-refractivity contribution in [2.24, 2.45) is 0 Å². The van der Waals surface area contributed by atoms with E-state index in [0.29, 0.717) is 17.3 Å². The minimum Gasteiger partial charge on any atom is -0.497 e. The summed E-state index contributed by atoms with van der Waals surface area (Å²) < 4.78 is 5.16. The fourth-order valence-electron chi connectivity index (χ4n) is 2.73. The molecule has 3 aromatic carbocycles. The molecule has 2 amide bonds. The van der Waals surface area contributed by atoms with Gasteiger partial charge in [0.05, 0.1) is 17.7 Å². The summed E-state index contributed by atoms with van der Waals surface area (Å²) in [4.78, 5) is 25.6. The van der Waals surface area contributed by atoms with Crippen molar-refractivity contribution in [3.05, 3.63) is 106 Å². The van der Waals surface area contributed by atoms with E-state index in [4.69, 9.17) is 16.3 Å². The van der Waals surface area contributed by atoms with Crippen LogP contribution in [0.15, 0.2) is 84.6 Å². The van der Waals surface area contributed by atoms with Crippen molar-refractivity contribution in [1.82, 2.24) is 10.6 Å². The fourth-order valence-corrected chi connectivity index (χ4v) is 2.96. The number of nitrogens with one attached hydrogen (secondary N) is 2. The fraction of sp³-hybridized carbons (Fsp3) is 0.0833. The average Bonchev–Trinajstić information content (AvgIpc) is 2.78. The number of rotatable bonds is 7.